The van der Waals surface area contributed by atoms with Gasteiger partial charge in [0.15, 0.2) is 0 Å². The van der Waals surface area contributed by atoms with Crippen LogP contribution in [0.4, 0.5) is 22.9 Å². The maximum atomic E-state index is 13.0. The number of phenols is 1. The molecule has 1 amide bonds. The van der Waals surface area contributed by atoms with Gasteiger partial charge in [-0.25, -0.2) is 4.98 Å². The molecule has 1 aliphatic rings. The molecule has 2 aromatic carbocycles. The third-order valence-electron chi connectivity index (χ3n) is 4.38. The van der Waals surface area contributed by atoms with Crippen molar-refractivity contribution in [3.8, 4) is 5.75 Å². The number of anilines is 4. The lowest BCUT2D eigenvalue weighted by atomic mass is 10.2. The summed E-state index contributed by atoms with van der Waals surface area (Å²) in [5.41, 5.74) is 9.35. The van der Waals surface area contributed by atoms with E-state index in [1.165, 1.54) is 0 Å². The molecule has 4 N–H and O–H groups in total. The molecule has 0 unspecified atom stereocenters. The van der Waals surface area contributed by atoms with Gasteiger partial charge in [0, 0.05) is 24.0 Å². The van der Waals surface area contributed by atoms with E-state index in [0.717, 1.165) is 17.7 Å². The van der Waals surface area contributed by atoms with E-state index in [9.17, 15) is 9.90 Å². The highest BCUT2D eigenvalue weighted by atomic mass is 16.3. The van der Waals surface area contributed by atoms with Gasteiger partial charge < -0.3 is 21.1 Å². The highest BCUT2D eigenvalue weighted by Gasteiger charge is 2.26. The Morgan fingerprint density at radius 3 is 2.73 bits per heavy atom. The van der Waals surface area contributed by atoms with Crippen LogP contribution in [0.3, 0.4) is 0 Å². The minimum absolute atomic E-state index is 0.115. The second-order valence-electron chi connectivity index (χ2n) is 6.14. The molecule has 0 atom stereocenters. The Kier molecular flexibility index (Phi) is 3.93. The third-order valence-corrected chi connectivity index (χ3v) is 4.38. The molecule has 130 valence electrons. The first-order chi connectivity index (χ1) is 12.6. The smallest absolute Gasteiger partial charge is 0.277 e. The molecule has 6 nitrogen and oxygen atoms in total. The minimum atomic E-state index is -0.192. The zero-order valence-electron chi connectivity index (χ0n) is 14.0. The van der Waals surface area contributed by atoms with E-state index >= 15 is 0 Å². The SMILES string of the molecule is Nc1cc(Nc2ccccc2O)cc(C(=O)N2CCc3ccccc32)n1. The fraction of sp³-hybridized carbons (Fsp3) is 0.100. The molecule has 6 heteroatoms. The van der Waals surface area contributed by atoms with Crippen molar-refractivity contribution in [3.63, 3.8) is 0 Å². The summed E-state index contributed by atoms with van der Waals surface area (Å²) < 4.78 is 0. The van der Waals surface area contributed by atoms with Gasteiger partial charge in [0.05, 0.1) is 5.69 Å². The van der Waals surface area contributed by atoms with E-state index in [1.807, 2.05) is 24.3 Å². The Balaban J connectivity index is 1.64. The van der Waals surface area contributed by atoms with Crippen LogP contribution < -0.4 is 16.0 Å². The van der Waals surface area contributed by atoms with E-state index in [-0.39, 0.29) is 23.2 Å². The van der Waals surface area contributed by atoms with Crippen molar-refractivity contribution in [2.24, 2.45) is 0 Å². The van der Waals surface area contributed by atoms with Gasteiger partial charge in [0.1, 0.15) is 17.3 Å². The Bertz CT molecular complexity index is 987. The number of aromatic hydroxyl groups is 1. The first-order valence-corrected chi connectivity index (χ1v) is 8.34. The first kappa shape index (κ1) is 16.0. The van der Waals surface area contributed by atoms with Gasteiger partial charge in [0.2, 0.25) is 0 Å². The summed E-state index contributed by atoms with van der Waals surface area (Å²) in [5.74, 6) is 0.160. The van der Waals surface area contributed by atoms with Gasteiger partial charge in [0.25, 0.3) is 5.91 Å². The Morgan fingerprint density at radius 1 is 1.12 bits per heavy atom. The fourth-order valence-electron chi connectivity index (χ4n) is 3.16. The van der Waals surface area contributed by atoms with Gasteiger partial charge in [-0.15, -0.1) is 0 Å². The second kappa shape index (κ2) is 6.40. The van der Waals surface area contributed by atoms with Crippen LogP contribution in [0, 0.1) is 0 Å². The molecular formula is C20H18N4O2. The average Bonchev–Trinajstić information content (AvgIpc) is 3.07. The second-order valence-corrected chi connectivity index (χ2v) is 6.14. The number of nitrogens with one attached hydrogen (secondary N) is 1. The van der Waals surface area contributed by atoms with Crippen LogP contribution in [0.15, 0.2) is 60.7 Å². The van der Waals surface area contributed by atoms with E-state index < -0.39 is 0 Å². The number of nitrogens with zero attached hydrogens (tertiary/aromatic N) is 2. The number of carbonyl (C=O) groups excluding carboxylic acids is 1. The zero-order valence-corrected chi connectivity index (χ0v) is 14.0. The summed E-state index contributed by atoms with van der Waals surface area (Å²) in [5, 5.41) is 13.0. The van der Waals surface area contributed by atoms with Crippen molar-refractivity contribution >= 4 is 28.8 Å². The van der Waals surface area contributed by atoms with Crippen LogP contribution in [-0.2, 0) is 6.42 Å². The molecule has 0 radical (unpaired) electrons. The zero-order chi connectivity index (χ0) is 18.1. The molecule has 0 fully saturated rings. The van der Waals surface area contributed by atoms with Gasteiger partial charge >= 0.3 is 0 Å². The summed E-state index contributed by atoms with van der Waals surface area (Å²) in [6.45, 7) is 0.622. The summed E-state index contributed by atoms with van der Waals surface area (Å²) in [6.07, 6.45) is 0.827. The average molecular weight is 346 g/mol. The number of pyridine rings is 1. The van der Waals surface area contributed by atoms with Gasteiger partial charge in [-0.2, -0.15) is 0 Å². The fourth-order valence-corrected chi connectivity index (χ4v) is 3.16. The van der Waals surface area contributed by atoms with Gasteiger partial charge in [-0.1, -0.05) is 30.3 Å². The Hall–Kier alpha value is -3.54. The molecule has 26 heavy (non-hydrogen) atoms. The van der Waals surface area contributed by atoms with E-state index in [4.69, 9.17) is 5.73 Å². The van der Waals surface area contributed by atoms with Gasteiger partial charge in [-0.3, -0.25) is 4.79 Å². The molecule has 0 aliphatic carbocycles. The third kappa shape index (κ3) is 2.93. The lowest BCUT2D eigenvalue weighted by Gasteiger charge is -2.18. The maximum Gasteiger partial charge on any atom is 0.277 e. The quantitative estimate of drug-likeness (QED) is 0.633. The molecule has 0 saturated carbocycles. The molecule has 0 spiro atoms. The van der Waals surface area contributed by atoms with E-state index in [2.05, 4.69) is 10.3 Å². The summed E-state index contributed by atoms with van der Waals surface area (Å²) >= 11 is 0. The molecule has 2 heterocycles. The summed E-state index contributed by atoms with van der Waals surface area (Å²) in [4.78, 5) is 18.9. The number of para-hydroxylation sites is 3. The summed E-state index contributed by atoms with van der Waals surface area (Å²) in [6, 6.07) is 18.0. The standard InChI is InChI=1S/C20H18N4O2/c21-19-12-14(22-15-6-2-4-8-18(15)25)11-16(23-19)20(26)24-10-9-13-5-1-3-7-17(13)24/h1-8,11-12,25H,9-10H2,(H3,21,22,23). The number of rotatable bonds is 3. The lowest BCUT2D eigenvalue weighted by molar-refractivity contribution is 0.0985. The molecule has 0 bridgehead atoms. The van der Waals surface area contributed by atoms with Crippen molar-refractivity contribution in [1.82, 2.24) is 4.98 Å². The maximum absolute atomic E-state index is 13.0. The first-order valence-electron chi connectivity index (χ1n) is 8.34. The predicted octanol–water partition coefficient (Wildman–Crippen LogP) is 3.32. The molecular weight excluding hydrogens is 328 g/mol. The Morgan fingerprint density at radius 2 is 1.88 bits per heavy atom. The highest BCUT2D eigenvalue weighted by molar-refractivity contribution is 6.06. The van der Waals surface area contributed by atoms with Crippen LogP contribution in [-0.4, -0.2) is 22.5 Å². The normalized spacial score (nSPS) is 12.7. The summed E-state index contributed by atoms with van der Waals surface area (Å²) in [7, 11) is 0. The number of fused-ring (bicyclic) bond motifs is 1. The number of benzene rings is 2. The van der Waals surface area contributed by atoms with Gasteiger partial charge in [-0.05, 0) is 36.2 Å². The number of hydrogen-bond acceptors (Lipinski definition) is 5. The molecule has 3 aromatic rings. The number of phenolic OH excluding ortho intramolecular Hbond substituents is 1. The van der Waals surface area contributed by atoms with Crippen LogP contribution in [0.2, 0.25) is 0 Å². The number of nitrogen functional groups attached to an aromatic ring is 1. The Labute approximate surface area is 150 Å². The topological polar surface area (TPSA) is 91.5 Å². The highest BCUT2D eigenvalue weighted by Crippen LogP contribution is 2.30. The molecule has 1 aliphatic heterocycles. The molecule has 4 rings (SSSR count). The monoisotopic (exact) mass is 346 g/mol. The van der Waals surface area contributed by atoms with Crippen LogP contribution in [0.25, 0.3) is 0 Å². The molecule has 0 saturated heterocycles. The number of nitrogens with two attached hydrogens (primary N) is 1. The van der Waals surface area contributed by atoms with Crippen LogP contribution in [0.5, 0.6) is 5.75 Å². The van der Waals surface area contributed by atoms with Crippen molar-refractivity contribution in [2.45, 2.75) is 6.42 Å². The van der Waals surface area contributed by atoms with Crippen molar-refractivity contribution in [2.75, 3.05) is 22.5 Å². The number of amides is 1. The molecule has 1 aromatic heterocycles. The number of hydrogen-bond donors (Lipinski definition) is 3. The van der Waals surface area contributed by atoms with Crippen molar-refractivity contribution < 1.29 is 9.90 Å². The van der Waals surface area contributed by atoms with Crippen LogP contribution in [0.1, 0.15) is 16.1 Å². The van der Waals surface area contributed by atoms with E-state index in [1.54, 1.807) is 41.3 Å². The predicted molar refractivity (Wildman–Crippen MR) is 102 cm³/mol. The number of carbonyl (C=O) groups is 1. The largest absolute Gasteiger partial charge is 0.506 e. The van der Waals surface area contributed by atoms with Crippen LogP contribution >= 0.6 is 0 Å². The van der Waals surface area contributed by atoms with Crippen molar-refractivity contribution in [1.29, 1.82) is 0 Å². The lowest BCUT2D eigenvalue weighted by Crippen LogP contribution is -2.29. The number of aromatic nitrogens is 1. The van der Waals surface area contributed by atoms with E-state index in [0.29, 0.717) is 17.9 Å². The minimum Gasteiger partial charge on any atom is -0.506 e. The van der Waals surface area contributed by atoms with Crippen molar-refractivity contribution in [3.05, 3.63) is 71.9 Å².